The van der Waals surface area contributed by atoms with Gasteiger partial charge in [0.1, 0.15) is 11.5 Å². The van der Waals surface area contributed by atoms with Crippen molar-refractivity contribution in [1.82, 2.24) is 29.3 Å². The minimum absolute atomic E-state index is 0.0363. The molecule has 0 fully saturated rings. The minimum atomic E-state index is -0.142. The van der Waals surface area contributed by atoms with Crippen molar-refractivity contribution in [2.45, 2.75) is 39.3 Å². The van der Waals surface area contributed by atoms with Gasteiger partial charge in [-0.2, -0.15) is 10.2 Å². The normalized spacial score (nSPS) is 12.4. The summed E-state index contributed by atoms with van der Waals surface area (Å²) in [4.78, 5) is 19.1. The Balaban J connectivity index is 1.58. The summed E-state index contributed by atoms with van der Waals surface area (Å²) < 4.78 is 9.76. The van der Waals surface area contributed by atoms with E-state index in [-0.39, 0.29) is 11.9 Å². The number of aromatic nitrogens is 5. The van der Waals surface area contributed by atoms with Crippen molar-refractivity contribution in [3.63, 3.8) is 0 Å². The molecule has 4 aromatic heterocycles. The zero-order valence-electron chi connectivity index (χ0n) is 17.1. The summed E-state index contributed by atoms with van der Waals surface area (Å²) in [5.74, 6) is 0.776. The van der Waals surface area contributed by atoms with Crippen LogP contribution in [0.5, 0.6) is 0 Å². The van der Waals surface area contributed by atoms with Crippen LogP contribution >= 0.6 is 15.9 Å². The lowest BCUT2D eigenvalue weighted by molar-refractivity contribution is 0.0730. The highest BCUT2D eigenvalue weighted by molar-refractivity contribution is 9.10. The van der Waals surface area contributed by atoms with Gasteiger partial charge in [-0.1, -0.05) is 0 Å². The molecule has 30 heavy (non-hydrogen) atoms. The average molecular weight is 471 g/mol. The van der Waals surface area contributed by atoms with Crippen LogP contribution in [0.1, 0.15) is 36.5 Å². The first-order valence-electron chi connectivity index (χ1n) is 9.85. The monoisotopic (exact) mass is 470 g/mol. The van der Waals surface area contributed by atoms with Crippen molar-refractivity contribution in [1.29, 1.82) is 0 Å². The summed E-state index contributed by atoms with van der Waals surface area (Å²) in [5, 5.41) is 9.14. The third kappa shape index (κ3) is 3.89. The first-order valence-corrected chi connectivity index (χ1v) is 10.6. The summed E-state index contributed by atoms with van der Waals surface area (Å²) in [6.45, 7) is 4.81. The maximum atomic E-state index is 13.1. The van der Waals surface area contributed by atoms with E-state index in [0.717, 1.165) is 41.0 Å². The van der Waals surface area contributed by atoms with Gasteiger partial charge in [-0.3, -0.25) is 9.48 Å². The molecule has 1 atom stereocenters. The van der Waals surface area contributed by atoms with Gasteiger partial charge in [0.2, 0.25) is 0 Å². The number of hydrogen-bond acceptors (Lipinski definition) is 5. The van der Waals surface area contributed by atoms with Gasteiger partial charge in [-0.25, -0.2) is 9.50 Å². The number of amides is 1. The van der Waals surface area contributed by atoms with E-state index in [1.165, 1.54) is 0 Å². The lowest BCUT2D eigenvalue weighted by atomic mass is 10.1. The molecule has 1 amide bonds. The topological polar surface area (TPSA) is 81.5 Å². The molecule has 0 aliphatic heterocycles. The second kappa shape index (κ2) is 8.43. The summed E-state index contributed by atoms with van der Waals surface area (Å²) in [5.41, 5.74) is 2.48. The van der Waals surface area contributed by atoms with Gasteiger partial charge in [0.25, 0.3) is 5.91 Å². The highest BCUT2D eigenvalue weighted by Gasteiger charge is 2.22. The van der Waals surface area contributed by atoms with Crippen molar-refractivity contribution >= 4 is 27.5 Å². The van der Waals surface area contributed by atoms with Crippen molar-refractivity contribution in [3.8, 4) is 11.4 Å². The number of nitrogens with zero attached hydrogens (tertiary/aromatic N) is 6. The lowest BCUT2D eigenvalue weighted by Crippen LogP contribution is -2.35. The number of fused-ring (bicyclic) bond motifs is 1. The maximum Gasteiger partial charge on any atom is 0.274 e. The summed E-state index contributed by atoms with van der Waals surface area (Å²) in [6.07, 6.45) is 6.86. The number of furan rings is 1. The van der Waals surface area contributed by atoms with Gasteiger partial charge in [0, 0.05) is 44.5 Å². The summed E-state index contributed by atoms with van der Waals surface area (Å²) in [6, 6.07) is 7.41. The zero-order valence-corrected chi connectivity index (χ0v) is 18.7. The number of rotatable bonds is 7. The SMILES string of the molecule is CCn1cc(Br)c(-c2ccnc3cc(C(=O)N(C)C(C)CCc4ccco4)nn23)n1. The van der Waals surface area contributed by atoms with Crippen LogP contribution in [0.15, 0.2) is 51.8 Å². The van der Waals surface area contributed by atoms with Crippen molar-refractivity contribution in [3.05, 3.63) is 58.8 Å². The molecule has 1 unspecified atom stereocenters. The highest BCUT2D eigenvalue weighted by atomic mass is 79.9. The molecule has 0 saturated heterocycles. The molecule has 0 radical (unpaired) electrons. The van der Waals surface area contributed by atoms with Crippen LogP contribution in [-0.2, 0) is 13.0 Å². The van der Waals surface area contributed by atoms with E-state index in [2.05, 4.69) is 31.1 Å². The second-order valence-electron chi connectivity index (χ2n) is 7.19. The van der Waals surface area contributed by atoms with Crippen LogP contribution in [0.4, 0.5) is 0 Å². The molecule has 0 aliphatic rings. The fourth-order valence-corrected chi connectivity index (χ4v) is 3.81. The molecular formula is C21H23BrN6O2. The molecule has 4 heterocycles. The number of hydrogen-bond donors (Lipinski definition) is 0. The zero-order chi connectivity index (χ0) is 21.3. The summed E-state index contributed by atoms with van der Waals surface area (Å²) in [7, 11) is 1.80. The van der Waals surface area contributed by atoms with E-state index in [1.807, 2.05) is 42.9 Å². The quantitative estimate of drug-likeness (QED) is 0.406. The van der Waals surface area contributed by atoms with E-state index in [0.29, 0.717) is 11.3 Å². The number of halogens is 1. The standard InChI is InChI=1S/C21H23BrN6O2/c1-4-27-13-16(22)20(25-27)18-9-10-23-19-12-17(24-28(18)19)21(29)26(3)14(2)7-8-15-6-5-11-30-15/h5-6,9-14H,4,7-8H2,1-3H3. The first kappa shape index (κ1) is 20.3. The predicted octanol–water partition coefficient (Wildman–Crippen LogP) is 4.06. The average Bonchev–Trinajstić information content (AvgIpc) is 3.49. The van der Waals surface area contributed by atoms with Crippen LogP contribution < -0.4 is 0 Å². The van der Waals surface area contributed by atoms with Crippen LogP contribution in [0, 0.1) is 0 Å². The largest absolute Gasteiger partial charge is 0.469 e. The van der Waals surface area contributed by atoms with E-state index in [9.17, 15) is 4.79 Å². The predicted molar refractivity (Wildman–Crippen MR) is 116 cm³/mol. The number of carbonyl (C=O) groups is 1. The van der Waals surface area contributed by atoms with E-state index >= 15 is 0 Å². The van der Waals surface area contributed by atoms with Crippen molar-refractivity contribution in [2.24, 2.45) is 0 Å². The molecule has 4 aromatic rings. The third-order valence-electron chi connectivity index (χ3n) is 5.23. The Morgan fingerprint density at radius 3 is 2.87 bits per heavy atom. The van der Waals surface area contributed by atoms with E-state index < -0.39 is 0 Å². The fourth-order valence-electron chi connectivity index (χ4n) is 3.29. The van der Waals surface area contributed by atoms with Gasteiger partial charge < -0.3 is 9.32 Å². The first-order chi connectivity index (χ1) is 14.5. The molecular weight excluding hydrogens is 448 g/mol. The Labute approximate surface area is 182 Å². The maximum absolute atomic E-state index is 13.1. The highest BCUT2D eigenvalue weighted by Crippen LogP contribution is 2.27. The Bertz CT molecular complexity index is 1160. The van der Waals surface area contributed by atoms with Crippen molar-refractivity contribution in [2.75, 3.05) is 7.05 Å². The van der Waals surface area contributed by atoms with Crippen LogP contribution in [0.2, 0.25) is 0 Å². The Hall–Kier alpha value is -2.94. The molecule has 8 nitrogen and oxygen atoms in total. The molecule has 0 aromatic carbocycles. The smallest absolute Gasteiger partial charge is 0.274 e. The van der Waals surface area contributed by atoms with Gasteiger partial charge in [0.15, 0.2) is 11.3 Å². The molecule has 0 saturated carbocycles. The molecule has 4 rings (SSSR count). The van der Waals surface area contributed by atoms with Gasteiger partial charge in [-0.15, -0.1) is 0 Å². The Kier molecular flexibility index (Phi) is 5.72. The van der Waals surface area contributed by atoms with Crippen LogP contribution in [0.3, 0.4) is 0 Å². The Morgan fingerprint density at radius 2 is 2.17 bits per heavy atom. The van der Waals surface area contributed by atoms with E-state index in [1.54, 1.807) is 35.0 Å². The minimum Gasteiger partial charge on any atom is -0.469 e. The molecule has 0 bridgehead atoms. The van der Waals surface area contributed by atoms with Crippen LogP contribution in [0.25, 0.3) is 17.0 Å². The Morgan fingerprint density at radius 1 is 1.33 bits per heavy atom. The second-order valence-corrected chi connectivity index (χ2v) is 8.05. The lowest BCUT2D eigenvalue weighted by Gasteiger charge is -2.23. The van der Waals surface area contributed by atoms with Gasteiger partial charge in [-0.05, 0) is 54.4 Å². The molecule has 9 heteroatoms. The molecule has 0 spiro atoms. The van der Waals surface area contributed by atoms with Crippen LogP contribution in [-0.4, -0.2) is 48.3 Å². The fraction of sp³-hybridized carbons (Fsp3) is 0.333. The van der Waals surface area contributed by atoms with E-state index in [4.69, 9.17) is 4.42 Å². The van der Waals surface area contributed by atoms with Gasteiger partial charge in [0.05, 0.1) is 16.4 Å². The summed E-state index contributed by atoms with van der Waals surface area (Å²) >= 11 is 3.56. The number of carbonyl (C=O) groups excluding carboxylic acids is 1. The van der Waals surface area contributed by atoms with Crippen molar-refractivity contribution < 1.29 is 9.21 Å². The third-order valence-corrected chi connectivity index (χ3v) is 5.81. The van der Waals surface area contributed by atoms with Gasteiger partial charge >= 0.3 is 0 Å². The number of aryl methyl sites for hydroxylation is 2. The molecule has 0 N–H and O–H groups in total. The molecule has 156 valence electrons. The molecule has 0 aliphatic carbocycles.